The molecular formula is C16H16F3N. The molecule has 0 amide bonds. The standard InChI is InChI=1S/C16H16F3N/c1-12-6-2-3-7-13(12)10-11-20-15-9-5-4-8-14(15)16(17,18)19/h2-9,20H,10-11H2,1H3. The number of benzene rings is 2. The third kappa shape index (κ3) is 3.53. The number of aryl methyl sites for hydroxylation is 1. The number of hydrogen-bond acceptors (Lipinski definition) is 1. The summed E-state index contributed by atoms with van der Waals surface area (Å²) >= 11 is 0. The van der Waals surface area contributed by atoms with Crippen LogP contribution in [0, 0.1) is 6.92 Å². The van der Waals surface area contributed by atoms with Gasteiger partial charge in [0.05, 0.1) is 5.56 Å². The molecule has 0 heterocycles. The van der Waals surface area contributed by atoms with Crippen molar-refractivity contribution in [3.63, 3.8) is 0 Å². The van der Waals surface area contributed by atoms with Gasteiger partial charge in [-0.25, -0.2) is 0 Å². The van der Waals surface area contributed by atoms with Gasteiger partial charge in [0, 0.05) is 12.2 Å². The molecule has 0 aliphatic heterocycles. The molecule has 0 saturated carbocycles. The van der Waals surface area contributed by atoms with Gasteiger partial charge in [0.2, 0.25) is 0 Å². The first-order valence-corrected chi connectivity index (χ1v) is 6.43. The fraction of sp³-hybridized carbons (Fsp3) is 0.250. The first-order chi connectivity index (χ1) is 9.48. The van der Waals surface area contributed by atoms with Crippen LogP contribution >= 0.6 is 0 Å². The van der Waals surface area contributed by atoms with Gasteiger partial charge in [-0.2, -0.15) is 13.2 Å². The Morgan fingerprint density at radius 1 is 0.950 bits per heavy atom. The summed E-state index contributed by atoms with van der Waals surface area (Å²) < 4.78 is 38.5. The van der Waals surface area contributed by atoms with Crippen LogP contribution in [0.3, 0.4) is 0 Å². The Morgan fingerprint density at radius 3 is 2.30 bits per heavy atom. The summed E-state index contributed by atoms with van der Waals surface area (Å²) in [7, 11) is 0. The summed E-state index contributed by atoms with van der Waals surface area (Å²) in [5.41, 5.74) is 1.81. The lowest BCUT2D eigenvalue weighted by Gasteiger charge is -2.14. The van der Waals surface area contributed by atoms with Crippen molar-refractivity contribution in [3.05, 3.63) is 65.2 Å². The number of hydrogen-bond donors (Lipinski definition) is 1. The summed E-state index contributed by atoms with van der Waals surface area (Å²) in [5, 5.41) is 2.88. The van der Waals surface area contributed by atoms with Crippen molar-refractivity contribution in [2.45, 2.75) is 19.5 Å². The van der Waals surface area contributed by atoms with Gasteiger partial charge in [0.1, 0.15) is 0 Å². The average molecular weight is 279 g/mol. The lowest BCUT2D eigenvalue weighted by molar-refractivity contribution is -0.136. The van der Waals surface area contributed by atoms with Crippen molar-refractivity contribution in [2.24, 2.45) is 0 Å². The minimum atomic E-state index is -4.33. The van der Waals surface area contributed by atoms with Crippen LogP contribution in [0.2, 0.25) is 0 Å². The molecular weight excluding hydrogens is 263 g/mol. The van der Waals surface area contributed by atoms with E-state index in [0.717, 1.165) is 17.2 Å². The van der Waals surface area contributed by atoms with Crippen LogP contribution in [-0.4, -0.2) is 6.54 Å². The van der Waals surface area contributed by atoms with Crippen molar-refractivity contribution in [2.75, 3.05) is 11.9 Å². The fourth-order valence-corrected chi connectivity index (χ4v) is 2.11. The number of para-hydroxylation sites is 1. The van der Waals surface area contributed by atoms with Crippen LogP contribution in [0.1, 0.15) is 16.7 Å². The highest BCUT2D eigenvalue weighted by molar-refractivity contribution is 5.52. The summed E-state index contributed by atoms with van der Waals surface area (Å²) in [6.45, 7) is 2.47. The molecule has 2 rings (SSSR count). The maximum absolute atomic E-state index is 12.8. The SMILES string of the molecule is Cc1ccccc1CCNc1ccccc1C(F)(F)F. The smallest absolute Gasteiger partial charge is 0.384 e. The van der Waals surface area contributed by atoms with Gasteiger partial charge in [0.25, 0.3) is 0 Å². The quantitative estimate of drug-likeness (QED) is 0.857. The third-order valence-corrected chi connectivity index (χ3v) is 3.20. The van der Waals surface area contributed by atoms with E-state index in [2.05, 4.69) is 5.32 Å². The van der Waals surface area contributed by atoms with E-state index in [1.807, 2.05) is 31.2 Å². The summed E-state index contributed by atoms with van der Waals surface area (Å²) in [6.07, 6.45) is -3.63. The highest BCUT2D eigenvalue weighted by Gasteiger charge is 2.32. The second-order valence-corrected chi connectivity index (χ2v) is 4.65. The molecule has 2 aromatic carbocycles. The van der Waals surface area contributed by atoms with E-state index in [1.54, 1.807) is 6.07 Å². The molecule has 0 aliphatic carbocycles. The minimum Gasteiger partial charge on any atom is -0.384 e. The largest absolute Gasteiger partial charge is 0.418 e. The number of halogens is 3. The van der Waals surface area contributed by atoms with E-state index in [4.69, 9.17) is 0 Å². The van der Waals surface area contributed by atoms with Gasteiger partial charge in [-0.05, 0) is 36.6 Å². The zero-order chi connectivity index (χ0) is 14.6. The van der Waals surface area contributed by atoms with E-state index >= 15 is 0 Å². The van der Waals surface area contributed by atoms with Gasteiger partial charge >= 0.3 is 6.18 Å². The topological polar surface area (TPSA) is 12.0 Å². The van der Waals surface area contributed by atoms with Gasteiger partial charge in [-0.3, -0.25) is 0 Å². The van der Waals surface area contributed by atoms with Gasteiger partial charge in [-0.1, -0.05) is 36.4 Å². The van der Waals surface area contributed by atoms with Gasteiger partial charge < -0.3 is 5.32 Å². The molecule has 1 nitrogen and oxygen atoms in total. The molecule has 0 fully saturated rings. The molecule has 0 aliphatic rings. The van der Waals surface area contributed by atoms with Crippen molar-refractivity contribution in [1.29, 1.82) is 0 Å². The van der Waals surface area contributed by atoms with Crippen molar-refractivity contribution in [1.82, 2.24) is 0 Å². The molecule has 0 radical (unpaired) electrons. The highest BCUT2D eigenvalue weighted by atomic mass is 19.4. The van der Waals surface area contributed by atoms with E-state index in [1.165, 1.54) is 12.1 Å². The lowest BCUT2D eigenvalue weighted by Crippen LogP contribution is -2.12. The maximum atomic E-state index is 12.8. The maximum Gasteiger partial charge on any atom is 0.418 e. The van der Waals surface area contributed by atoms with E-state index in [9.17, 15) is 13.2 Å². The average Bonchev–Trinajstić information content (AvgIpc) is 2.40. The Morgan fingerprint density at radius 2 is 1.60 bits per heavy atom. The van der Waals surface area contributed by atoms with E-state index in [-0.39, 0.29) is 5.69 Å². The van der Waals surface area contributed by atoms with Gasteiger partial charge in [-0.15, -0.1) is 0 Å². The predicted molar refractivity (Wildman–Crippen MR) is 74.8 cm³/mol. The molecule has 2 aromatic rings. The molecule has 0 bridgehead atoms. The first-order valence-electron chi connectivity index (χ1n) is 6.43. The minimum absolute atomic E-state index is 0.133. The molecule has 0 atom stereocenters. The van der Waals surface area contributed by atoms with Crippen LogP contribution in [0.5, 0.6) is 0 Å². The van der Waals surface area contributed by atoms with E-state index in [0.29, 0.717) is 13.0 Å². The number of anilines is 1. The molecule has 20 heavy (non-hydrogen) atoms. The Bertz CT molecular complexity index is 576. The van der Waals surface area contributed by atoms with Crippen molar-refractivity contribution < 1.29 is 13.2 Å². The normalized spacial score (nSPS) is 11.4. The second kappa shape index (κ2) is 5.99. The van der Waals surface area contributed by atoms with Crippen LogP contribution in [0.15, 0.2) is 48.5 Å². The predicted octanol–water partition coefficient (Wildman–Crippen LogP) is 4.67. The van der Waals surface area contributed by atoms with Crippen LogP contribution in [0.4, 0.5) is 18.9 Å². The number of rotatable bonds is 4. The number of alkyl halides is 3. The first kappa shape index (κ1) is 14.4. The van der Waals surface area contributed by atoms with E-state index < -0.39 is 11.7 Å². The van der Waals surface area contributed by atoms with Crippen LogP contribution in [-0.2, 0) is 12.6 Å². The Hall–Kier alpha value is -1.97. The molecule has 0 saturated heterocycles. The molecule has 0 spiro atoms. The molecule has 106 valence electrons. The number of nitrogens with one attached hydrogen (secondary N) is 1. The molecule has 4 heteroatoms. The Kier molecular flexibility index (Phi) is 4.32. The molecule has 0 aromatic heterocycles. The van der Waals surface area contributed by atoms with Crippen LogP contribution < -0.4 is 5.32 Å². The van der Waals surface area contributed by atoms with Crippen LogP contribution in [0.25, 0.3) is 0 Å². The Balaban J connectivity index is 2.04. The monoisotopic (exact) mass is 279 g/mol. The molecule has 0 unspecified atom stereocenters. The fourth-order valence-electron chi connectivity index (χ4n) is 2.11. The summed E-state index contributed by atoms with van der Waals surface area (Å²) in [4.78, 5) is 0. The molecule has 1 N–H and O–H groups in total. The summed E-state index contributed by atoms with van der Waals surface area (Å²) in [5.74, 6) is 0. The lowest BCUT2D eigenvalue weighted by atomic mass is 10.1. The summed E-state index contributed by atoms with van der Waals surface area (Å²) in [6, 6.07) is 13.4. The van der Waals surface area contributed by atoms with Crippen molar-refractivity contribution in [3.8, 4) is 0 Å². The van der Waals surface area contributed by atoms with Gasteiger partial charge in [0.15, 0.2) is 0 Å². The van der Waals surface area contributed by atoms with Crippen molar-refractivity contribution >= 4 is 5.69 Å². The zero-order valence-electron chi connectivity index (χ0n) is 11.2. The second-order valence-electron chi connectivity index (χ2n) is 4.65. The third-order valence-electron chi connectivity index (χ3n) is 3.20. The zero-order valence-corrected chi connectivity index (χ0v) is 11.2. The Labute approximate surface area is 116 Å². The highest BCUT2D eigenvalue weighted by Crippen LogP contribution is 2.34.